The van der Waals surface area contributed by atoms with Crippen LogP contribution in [0.5, 0.6) is 0 Å². The molecule has 2 nitrogen and oxygen atoms in total. The van der Waals surface area contributed by atoms with Gasteiger partial charge in [0.05, 0.1) is 16.8 Å². The van der Waals surface area contributed by atoms with Crippen LogP contribution in [0.2, 0.25) is 0 Å². The van der Waals surface area contributed by atoms with Crippen molar-refractivity contribution in [3.63, 3.8) is 0 Å². The Morgan fingerprint density at radius 1 is 0.339 bits per heavy atom. The normalized spacial score (nSPS) is 12.6. The summed E-state index contributed by atoms with van der Waals surface area (Å²) in [5.41, 5.74) is 16.7. The molecule has 11 aromatic rings. The van der Waals surface area contributed by atoms with Crippen molar-refractivity contribution in [2.24, 2.45) is 0 Å². The molecule has 62 heavy (non-hydrogen) atoms. The molecule has 2 heterocycles. The molecule has 2 aromatic heterocycles. The van der Waals surface area contributed by atoms with Gasteiger partial charge in [-0.1, -0.05) is 212 Å². The number of benzene rings is 9. The predicted molar refractivity (Wildman–Crippen MR) is 259 cm³/mol. The van der Waals surface area contributed by atoms with E-state index < -0.39 is 5.41 Å². The van der Waals surface area contributed by atoms with Crippen molar-refractivity contribution in [1.29, 1.82) is 0 Å². The summed E-state index contributed by atoms with van der Waals surface area (Å²) in [6, 6.07) is 83.4. The largest absolute Gasteiger partial charge is 0.228 e. The number of rotatable bonds is 7. The minimum absolute atomic E-state index is 0.490. The second kappa shape index (κ2) is 14.8. The van der Waals surface area contributed by atoms with E-state index >= 15 is 0 Å². The van der Waals surface area contributed by atoms with Gasteiger partial charge in [0.2, 0.25) is 0 Å². The Labute approximate surface area is 365 Å². The van der Waals surface area contributed by atoms with E-state index in [-0.39, 0.29) is 0 Å². The number of aromatic nitrogens is 2. The molecule has 1 aliphatic rings. The second-order valence-electron chi connectivity index (χ2n) is 16.0. The highest BCUT2D eigenvalue weighted by atomic mass is 32.1. The van der Waals surface area contributed by atoms with Crippen molar-refractivity contribution < 1.29 is 0 Å². The molecule has 9 aromatic carbocycles. The van der Waals surface area contributed by atoms with Gasteiger partial charge in [0.15, 0.2) is 5.82 Å². The number of nitrogens with zero attached hydrogens (tertiary/aromatic N) is 2. The first kappa shape index (κ1) is 36.2. The average molecular weight is 807 g/mol. The van der Waals surface area contributed by atoms with E-state index in [2.05, 4.69) is 224 Å². The quantitative estimate of drug-likeness (QED) is 0.160. The van der Waals surface area contributed by atoms with E-state index in [1.54, 1.807) is 0 Å². The first-order valence-corrected chi connectivity index (χ1v) is 22.0. The Balaban J connectivity index is 1.04. The van der Waals surface area contributed by atoms with E-state index in [0.717, 1.165) is 33.6 Å². The number of thiophene rings is 1. The summed E-state index contributed by atoms with van der Waals surface area (Å²) in [7, 11) is 0. The molecule has 0 bridgehead atoms. The molecule has 0 unspecified atom stereocenters. The fourth-order valence-corrected chi connectivity index (χ4v) is 11.1. The SMILES string of the molecule is c1ccc(-c2nc(-c3ccc(-c4cccc5sc6ccccc6c45)cc3)cc(-c3ccccc3-c3cccc4c3-c3ccccc3C4(c3ccccc3)c3ccccc3)n2)cc1. The summed E-state index contributed by atoms with van der Waals surface area (Å²) in [5.74, 6) is 0.697. The summed E-state index contributed by atoms with van der Waals surface area (Å²) in [6.07, 6.45) is 0. The van der Waals surface area contributed by atoms with Crippen molar-refractivity contribution in [3.8, 4) is 67.3 Å². The Morgan fingerprint density at radius 3 is 1.63 bits per heavy atom. The van der Waals surface area contributed by atoms with Crippen LogP contribution in [0.25, 0.3) is 87.5 Å². The zero-order valence-electron chi connectivity index (χ0n) is 33.7. The van der Waals surface area contributed by atoms with Crippen molar-refractivity contribution in [2.75, 3.05) is 0 Å². The van der Waals surface area contributed by atoms with Crippen LogP contribution < -0.4 is 0 Å². The van der Waals surface area contributed by atoms with E-state index in [1.807, 2.05) is 17.4 Å². The van der Waals surface area contributed by atoms with Gasteiger partial charge in [0, 0.05) is 36.9 Å². The molecule has 0 radical (unpaired) electrons. The topological polar surface area (TPSA) is 25.8 Å². The fourth-order valence-electron chi connectivity index (χ4n) is 9.94. The van der Waals surface area contributed by atoms with Gasteiger partial charge in [-0.25, -0.2) is 9.97 Å². The summed E-state index contributed by atoms with van der Waals surface area (Å²) < 4.78 is 2.61. The Kier molecular flexibility index (Phi) is 8.62. The predicted octanol–water partition coefficient (Wildman–Crippen LogP) is 15.5. The second-order valence-corrected chi connectivity index (χ2v) is 17.1. The molecular formula is C59H38N2S. The lowest BCUT2D eigenvalue weighted by Gasteiger charge is -2.34. The minimum Gasteiger partial charge on any atom is -0.228 e. The van der Waals surface area contributed by atoms with Gasteiger partial charge >= 0.3 is 0 Å². The van der Waals surface area contributed by atoms with Gasteiger partial charge in [0.25, 0.3) is 0 Å². The van der Waals surface area contributed by atoms with Gasteiger partial charge in [0.1, 0.15) is 0 Å². The zero-order chi connectivity index (χ0) is 41.0. The smallest absolute Gasteiger partial charge is 0.160 e. The summed E-state index contributed by atoms with van der Waals surface area (Å²) in [5, 5.41) is 2.62. The highest BCUT2D eigenvalue weighted by molar-refractivity contribution is 7.25. The van der Waals surface area contributed by atoms with Crippen molar-refractivity contribution >= 4 is 31.5 Å². The van der Waals surface area contributed by atoms with Crippen LogP contribution in [0.1, 0.15) is 22.3 Å². The average Bonchev–Trinajstić information content (AvgIpc) is 3.89. The molecule has 290 valence electrons. The van der Waals surface area contributed by atoms with Gasteiger partial charge in [-0.05, 0) is 73.8 Å². The molecule has 0 amide bonds. The lowest BCUT2D eigenvalue weighted by Crippen LogP contribution is -2.28. The molecule has 1 aliphatic carbocycles. The van der Waals surface area contributed by atoms with Gasteiger partial charge in [-0.3, -0.25) is 0 Å². The molecule has 0 spiro atoms. The minimum atomic E-state index is -0.490. The molecule has 0 fully saturated rings. The lowest BCUT2D eigenvalue weighted by molar-refractivity contribution is 0.768. The van der Waals surface area contributed by atoms with Crippen molar-refractivity contribution in [2.45, 2.75) is 5.41 Å². The van der Waals surface area contributed by atoms with Crippen LogP contribution in [-0.4, -0.2) is 9.97 Å². The monoisotopic (exact) mass is 806 g/mol. The van der Waals surface area contributed by atoms with E-state index in [9.17, 15) is 0 Å². The number of hydrogen-bond donors (Lipinski definition) is 0. The van der Waals surface area contributed by atoms with E-state index in [4.69, 9.17) is 9.97 Å². The Bertz CT molecular complexity index is 3400. The molecule has 0 N–H and O–H groups in total. The van der Waals surface area contributed by atoms with Crippen LogP contribution in [-0.2, 0) is 5.41 Å². The summed E-state index contributed by atoms with van der Waals surface area (Å²) in [4.78, 5) is 10.6. The van der Waals surface area contributed by atoms with Crippen molar-refractivity contribution in [3.05, 3.63) is 253 Å². The highest BCUT2D eigenvalue weighted by Crippen LogP contribution is 2.58. The molecular weight excluding hydrogens is 769 g/mol. The van der Waals surface area contributed by atoms with Crippen LogP contribution in [0.15, 0.2) is 231 Å². The Morgan fingerprint density at radius 2 is 0.871 bits per heavy atom. The van der Waals surface area contributed by atoms with Crippen LogP contribution >= 0.6 is 11.3 Å². The third kappa shape index (κ3) is 5.70. The number of hydrogen-bond acceptors (Lipinski definition) is 3. The van der Waals surface area contributed by atoms with Gasteiger partial charge < -0.3 is 0 Å². The summed E-state index contributed by atoms with van der Waals surface area (Å²) in [6.45, 7) is 0. The first-order valence-electron chi connectivity index (χ1n) is 21.2. The van der Waals surface area contributed by atoms with Crippen LogP contribution in [0.3, 0.4) is 0 Å². The fraction of sp³-hybridized carbons (Fsp3) is 0.0169. The molecule has 0 atom stereocenters. The maximum Gasteiger partial charge on any atom is 0.160 e. The maximum absolute atomic E-state index is 5.36. The third-order valence-electron chi connectivity index (χ3n) is 12.6. The first-order chi connectivity index (χ1) is 30.8. The van der Waals surface area contributed by atoms with Crippen LogP contribution in [0, 0.1) is 0 Å². The molecule has 0 aliphatic heterocycles. The molecule has 0 saturated heterocycles. The van der Waals surface area contributed by atoms with Crippen molar-refractivity contribution in [1.82, 2.24) is 9.97 Å². The molecule has 0 saturated carbocycles. The maximum atomic E-state index is 5.36. The zero-order valence-corrected chi connectivity index (χ0v) is 34.6. The molecule has 12 rings (SSSR count). The molecule has 3 heteroatoms. The third-order valence-corrected chi connectivity index (χ3v) is 13.8. The van der Waals surface area contributed by atoms with E-state index in [1.165, 1.54) is 70.2 Å². The highest BCUT2D eigenvalue weighted by Gasteiger charge is 2.46. The van der Waals surface area contributed by atoms with Gasteiger partial charge in [-0.15, -0.1) is 11.3 Å². The number of fused-ring (bicyclic) bond motifs is 6. The van der Waals surface area contributed by atoms with E-state index in [0.29, 0.717) is 5.82 Å². The van der Waals surface area contributed by atoms with Gasteiger partial charge in [-0.2, -0.15) is 0 Å². The standard InChI is InChI=1S/C59H38N2S/c1-4-18-41(19-5-1)58-60-52(40-36-34-39(35-37-40)44-28-17-33-55-57(44)49-27-13-15-32-54(49)62-55)38-53(61-58)46-25-11-10-24-45(46)47-29-16-31-51-56(47)48-26-12-14-30-50(48)59(51,42-20-6-2-7-21-42)43-22-8-3-9-23-43/h1-38H. The summed E-state index contributed by atoms with van der Waals surface area (Å²) >= 11 is 1.85. The Hall–Kier alpha value is -7.72. The lowest BCUT2D eigenvalue weighted by atomic mass is 9.67. The van der Waals surface area contributed by atoms with Crippen LogP contribution in [0.4, 0.5) is 0 Å².